The average molecular weight is 251 g/mol. The molecule has 0 fully saturated rings. The molecule has 0 unspecified atom stereocenters. The minimum absolute atomic E-state index is 0.117. The van der Waals surface area contributed by atoms with E-state index in [1.807, 2.05) is 56.3 Å². The maximum Gasteiger partial charge on any atom is 0.248 e. The van der Waals surface area contributed by atoms with E-state index in [4.69, 9.17) is 0 Å². The fourth-order valence-electron chi connectivity index (χ4n) is 1.97. The zero-order valence-electron chi connectivity index (χ0n) is 11.2. The number of benzene rings is 2. The number of amides is 1. The van der Waals surface area contributed by atoms with E-state index in [1.54, 1.807) is 12.2 Å². The van der Waals surface area contributed by atoms with E-state index in [9.17, 15) is 4.79 Å². The SMILES string of the molecule is Cc1cc(C)cc(NC(=O)/C=C\c2ccccc2)c1. The molecule has 2 aromatic carbocycles. The molecule has 2 nitrogen and oxygen atoms in total. The highest BCUT2D eigenvalue weighted by Gasteiger charge is 1.99. The van der Waals surface area contributed by atoms with Crippen LogP contribution in [0.3, 0.4) is 0 Å². The lowest BCUT2D eigenvalue weighted by atomic mass is 10.1. The first kappa shape index (κ1) is 13.1. The normalized spacial score (nSPS) is 10.6. The van der Waals surface area contributed by atoms with Crippen molar-refractivity contribution in [3.05, 3.63) is 71.3 Å². The second-order valence-electron chi connectivity index (χ2n) is 4.61. The molecule has 0 saturated carbocycles. The molecule has 0 bridgehead atoms. The molecule has 2 heteroatoms. The minimum Gasteiger partial charge on any atom is -0.322 e. The molecule has 0 aromatic heterocycles. The van der Waals surface area contributed by atoms with Gasteiger partial charge in [0.15, 0.2) is 0 Å². The van der Waals surface area contributed by atoms with Crippen molar-refractivity contribution in [2.75, 3.05) is 5.32 Å². The van der Waals surface area contributed by atoms with Crippen LogP contribution < -0.4 is 5.32 Å². The van der Waals surface area contributed by atoms with Gasteiger partial charge in [-0.15, -0.1) is 0 Å². The Balaban J connectivity index is 2.03. The largest absolute Gasteiger partial charge is 0.322 e. The van der Waals surface area contributed by atoms with Gasteiger partial charge in [0.25, 0.3) is 0 Å². The van der Waals surface area contributed by atoms with Crippen LogP contribution in [0.5, 0.6) is 0 Å². The molecule has 0 spiro atoms. The molecule has 0 radical (unpaired) electrons. The van der Waals surface area contributed by atoms with Crippen LogP contribution in [0.2, 0.25) is 0 Å². The first-order valence-corrected chi connectivity index (χ1v) is 6.26. The molecule has 0 aliphatic carbocycles. The Bertz CT molecular complexity index is 580. The Morgan fingerprint density at radius 1 is 1.00 bits per heavy atom. The van der Waals surface area contributed by atoms with Crippen molar-refractivity contribution in [2.24, 2.45) is 0 Å². The average Bonchev–Trinajstić information content (AvgIpc) is 2.36. The Morgan fingerprint density at radius 2 is 1.63 bits per heavy atom. The van der Waals surface area contributed by atoms with Crippen LogP contribution in [-0.4, -0.2) is 5.91 Å². The Morgan fingerprint density at radius 3 is 2.26 bits per heavy atom. The predicted molar refractivity (Wildman–Crippen MR) is 80.0 cm³/mol. The smallest absolute Gasteiger partial charge is 0.248 e. The lowest BCUT2D eigenvalue weighted by Crippen LogP contribution is -2.07. The van der Waals surface area contributed by atoms with Gasteiger partial charge in [-0.05, 0) is 48.7 Å². The van der Waals surface area contributed by atoms with E-state index < -0.39 is 0 Å². The lowest BCUT2D eigenvalue weighted by Gasteiger charge is -2.05. The highest BCUT2D eigenvalue weighted by atomic mass is 16.1. The standard InChI is InChI=1S/C17H17NO/c1-13-10-14(2)12-16(11-13)18-17(19)9-8-15-6-4-3-5-7-15/h3-12H,1-2H3,(H,18,19)/b9-8-. The van der Waals surface area contributed by atoms with Crippen LogP contribution in [-0.2, 0) is 4.79 Å². The molecule has 0 saturated heterocycles. The van der Waals surface area contributed by atoms with E-state index in [1.165, 1.54) is 0 Å². The van der Waals surface area contributed by atoms with Crippen molar-refractivity contribution < 1.29 is 4.79 Å². The number of anilines is 1. The van der Waals surface area contributed by atoms with Crippen molar-refractivity contribution in [2.45, 2.75) is 13.8 Å². The fourth-order valence-corrected chi connectivity index (χ4v) is 1.97. The van der Waals surface area contributed by atoms with E-state index in [0.717, 1.165) is 22.4 Å². The molecule has 2 rings (SSSR count). The molecule has 0 aliphatic heterocycles. The van der Waals surface area contributed by atoms with Crippen LogP contribution in [0.1, 0.15) is 16.7 Å². The summed E-state index contributed by atoms with van der Waals surface area (Å²) in [6.45, 7) is 4.03. The molecule has 2 aromatic rings. The predicted octanol–water partition coefficient (Wildman–Crippen LogP) is 3.96. The summed E-state index contributed by atoms with van der Waals surface area (Å²) in [4.78, 5) is 11.8. The third-order valence-corrected chi connectivity index (χ3v) is 2.72. The Hall–Kier alpha value is -2.35. The van der Waals surface area contributed by atoms with E-state index >= 15 is 0 Å². The number of aryl methyl sites for hydroxylation is 2. The number of carbonyl (C=O) groups excluding carboxylic acids is 1. The van der Waals surface area contributed by atoms with Gasteiger partial charge in [-0.1, -0.05) is 36.4 Å². The van der Waals surface area contributed by atoms with Crippen molar-refractivity contribution >= 4 is 17.7 Å². The molecule has 1 amide bonds. The van der Waals surface area contributed by atoms with Gasteiger partial charge >= 0.3 is 0 Å². The number of rotatable bonds is 3. The monoisotopic (exact) mass is 251 g/mol. The summed E-state index contributed by atoms with van der Waals surface area (Å²) in [7, 11) is 0. The van der Waals surface area contributed by atoms with Gasteiger partial charge in [0.05, 0.1) is 0 Å². The third-order valence-electron chi connectivity index (χ3n) is 2.72. The van der Waals surface area contributed by atoms with Gasteiger partial charge in [-0.3, -0.25) is 4.79 Å². The van der Waals surface area contributed by atoms with Gasteiger partial charge in [-0.25, -0.2) is 0 Å². The zero-order valence-corrected chi connectivity index (χ0v) is 11.2. The summed E-state index contributed by atoms with van der Waals surface area (Å²) >= 11 is 0. The van der Waals surface area contributed by atoms with Crippen molar-refractivity contribution in [1.82, 2.24) is 0 Å². The number of carbonyl (C=O) groups is 1. The fraction of sp³-hybridized carbons (Fsp3) is 0.118. The third kappa shape index (κ3) is 4.11. The molecule has 96 valence electrons. The lowest BCUT2D eigenvalue weighted by molar-refractivity contribution is -0.111. The summed E-state index contributed by atoms with van der Waals surface area (Å²) in [6, 6.07) is 15.8. The topological polar surface area (TPSA) is 29.1 Å². The van der Waals surface area contributed by atoms with Crippen LogP contribution in [0.25, 0.3) is 6.08 Å². The zero-order chi connectivity index (χ0) is 13.7. The van der Waals surface area contributed by atoms with E-state index in [-0.39, 0.29) is 5.91 Å². The van der Waals surface area contributed by atoms with Crippen molar-refractivity contribution in [1.29, 1.82) is 0 Å². The number of hydrogen-bond acceptors (Lipinski definition) is 1. The van der Waals surface area contributed by atoms with E-state index in [2.05, 4.69) is 11.4 Å². The highest BCUT2D eigenvalue weighted by molar-refractivity contribution is 6.02. The molecular weight excluding hydrogens is 234 g/mol. The number of nitrogens with one attached hydrogen (secondary N) is 1. The summed E-state index contributed by atoms with van der Waals surface area (Å²) in [5.74, 6) is -0.117. The first-order chi connectivity index (χ1) is 9.13. The summed E-state index contributed by atoms with van der Waals surface area (Å²) in [6.07, 6.45) is 3.35. The summed E-state index contributed by atoms with van der Waals surface area (Å²) < 4.78 is 0. The van der Waals surface area contributed by atoms with Crippen molar-refractivity contribution in [3.63, 3.8) is 0 Å². The van der Waals surface area contributed by atoms with Gasteiger partial charge in [0.2, 0.25) is 5.91 Å². The number of hydrogen-bond donors (Lipinski definition) is 1. The molecule has 0 atom stereocenters. The second-order valence-corrected chi connectivity index (χ2v) is 4.61. The van der Waals surface area contributed by atoms with Gasteiger partial charge in [0, 0.05) is 11.8 Å². The van der Waals surface area contributed by atoms with Crippen LogP contribution in [0, 0.1) is 13.8 Å². The molecular formula is C17H17NO. The summed E-state index contributed by atoms with van der Waals surface area (Å²) in [5.41, 5.74) is 4.13. The van der Waals surface area contributed by atoms with Gasteiger partial charge in [0.1, 0.15) is 0 Å². The summed E-state index contributed by atoms with van der Waals surface area (Å²) in [5, 5.41) is 2.87. The van der Waals surface area contributed by atoms with Crippen LogP contribution in [0.4, 0.5) is 5.69 Å². The second kappa shape index (κ2) is 6.01. The molecule has 0 aliphatic rings. The maximum absolute atomic E-state index is 11.8. The van der Waals surface area contributed by atoms with Crippen LogP contribution in [0.15, 0.2) is 54.6 Å². The molecule has 0 heterocycles. The van der Waals surface area contributed by atoms with Gasteiger partial charge < -0.3 is 5.32 Å². The Kier molecular flexibility index (Phi) is 4.14. The van der Waals surface area contributed by atoms with Gasteiger partial charge in [-0.2, -0.15) is 0 Å². The molecule has 19 heavy (non-hydrogen) atoms. The first-order valence-electron chi connectivity index (χ1n) is 6.26. The maximum atomic E-state index is 11.8. The van der Waals surface area contributed by atoms with E-state index in [0.29, 0.717) is 0 Å². The molecule has 1 N–H and O–H groups in total. The minimum atomic E-state index is -0.117. The Labute approximate surface area is 113 Å². The quantitative estimate of drug-likeness (QED) is 0.822. The van der Waals surface area contributed by atoms with Crippen molar-refractivity contribution in [3.8, 4) is 0 Å². The van der Waals surface area contributed by atoms with Crippen LogP contribution >= 0.6 is 0 Å². The highest BCUT2D eigenvalue weighted by Crippen LogP contribution is 2.13.